The van der Waals surface area contributed by atoms with E-state index >= 15 is 0 Å². The molecule has 1 aliphatic rings. The van der Waals surface area contributed by atoms with Gasteiger partial charge in [-0.05, 0) is 36.8 Å². The lowest BCUT2D eigenvalue weighted by Crippen LogP contribution is -2.42. The number of nitrogens with one attached hydrogen (secondary N) is 1. The lowest BCUT2D eigenvalue weighted by molar-refractivity contribution is -0.137. The summed E-state index contributed by atoms with van der Waals surface area (Å²) in [5, 5.41) is 7.02. The number of carbonyl (C=O) groups is 2. The topological polar surface area (TPSA) is 85.7 Å². The van der Waals surface area contributed by atoms with Crippen molar-refractivity contribution in [2.75, 3.05) is 38.2 Å². The van der Waals surface area contributed by atoms with E-state index in [1.807, 2.05) is 6.92 Å². The normalized spacial score (nSPS) is 15.2. The Bertz CT molecular complexity index is 740. The summed E-state index contributed by atoms with van der Waals surface area (Å²) in [5.41, 5.74) is 0.664. The van der Waals surface area contributed by atoms with Crippen molar-refractivity contribution in [1.29, 1.82) is 0 Å². The maximum Gasteiger partial charge on any atom is 0.260 e. The average Bonchev–Trinajstić information content (AvgIpc) is 3.23. The van der Waals surface area contributed by atoms with Crippen LogP contribution in [0.2, 0.25) is 0 Å². The van der Waals surface area contributed by atoms with Gasteiger partial charge in [0, 0.05) is 31.2 Å². The van der Waals surface area contributed by atoms with Gasteiger partial charge in [-0.2, -0.15) is 5.10 Å². The van der Waals surface area contributed by atoms with Crippen molar-refractivity contribution in [3.63, 3.8) is 0 Å². The molecule has 2 heterocycles. The Kier molecular flexibility index (Phi) is 6.43. The first-order valence-electron chi connectivity index (χ1n) is 9.05. The minimum absolute atomic E-state index is 0.0110. The second-order valence-corrected chi connectivity index (χ2v) is 6.21. The third-order valence-corrected chi connectivity index (χ3v) is 4.38. The van der Waals surface area contributed by atoms with Crippen LogP contribution in [-0.2, 0) is 14.3 Å². The van der Waals surface area contributed by atoms with E-state index in [4.69, 9.17) is 9.47 Å². The molecule has 0 aliphatic carbocycles. The Labute approximate surface area is 158 Å². The zero-order valence-electron chi connectivity index (χ0n) is 15.3. The summed E-state index contributed by atoms with van der Waals surface area (Å²) < 4.78 is 12.4. The van der Waals surface area contributed by atoms with Crippen LogP contribution < -0.4 is 10.1 Å². The molecule has 0 radical (unpaired) electrons. The molecule has 8 heteroatoms. The first kappa shape index (κ1) is 18.9. The van der Waals surface area contributed by atoms with Gasteiger partial charge in [-0.3, -0.25) is 14.3 Å². The van der Waals surface area contributed by atoms with Gasteiger partial charge >= 0.3 is 0 Å². The molecule has 1 unspecified atom stereocenters. The van der Waals surface area contributed by atoms with Crippen LogP contribution in [-0.4, -0.2) is 59.4 Å². The molecule has 144 valence electrons. The number of rotatable bonds is 7. The number of amides is 2. The number of benzene rings is 1. The fourth-order valence-corrected chi connectivity index (χ4v) is 2.87. The first-order chi connectivity index (χ1) is 13.2. The van der Waals surface area contributed by atoms with Crippen LogP contribution in [0.3, 0.4) is 0 Å². The standard InChI is InChI=1S/C19H24N4O4/c1-2-17(23-9-3-8-20-23)19(25)21-15-4-6-16(7-5-15)27-14-18(24)22-10-12-26-13-11-22/h3-9,17H,2,10-14H2,1H3,(H,21,25). The molecule has 1 N–H and O–H groups in total. The molecule has 1 aromatic carbocycles. The second kappa shape index (κ2) is 9.18. The van der Waals surface area contributed by atoms with Crippen LogP contribution in [0.25, 0.3) is 0 Å². The summed E-state index contributed by atoms with van der Waals surface area (Å²) in [6.45, 7) is 4.26. The number of carbonyl (C=O) groups excluding carboxylic acids is 2. The van der Waals surface area contributed by atoms with Crippen molar-refractivity contribution in [2.24, 2.45) is 0 Å². The number of hydrogen-bond acceptors (Lipinski definition) is 5. The highest BCUT2D eigenvalue weighted by Gasteiger charge is 2.19. The van der Waals surface area contributed by atoms with Crippen LogP contribution in [0.5, 0.6) is 5.75 Å². The monoisotopic (exact) mass is 372 g/mol. The molecule has 0 bridgehead atoms. The maximum atomic E-state index is 12.5. The highest BCUT2D eigenvalue weighted by Crippen LogP contribution is 2.18. The minimum atomic E-state index is -0.359. The molecule has 1 aliphatic heterocycles. The summed E-state index contributed by atoms with van der Waals surface area (Å²) in [4.78, 5) is 26.3. The number of aromatic nitrogens is 2. The maximum absolute atomic E-state index is 12.5. The van der Waals surface area contributed by atoms with E-state index in [0.717, 1.165) is 0 Å². The molecule has 0 saturated carbocycles. The molecule has 3 rings (SSSR count). The van der Waals surface area contributed by atoms with Gasteiger partial charge in [-0.1, -0.05) is 6.92 Å². The van der Waals surface area contributed by atoms with Gasteiger partial charge in [0.05, 0.1) is 13.2 Å². The Morgan fingerprint density at radius 3 is 2.63 bits per heavy atom. The van der Waals surface area contributed by atoms with Crippen molar-refractivity contribution in [1.82, 2.24) is 14.7 Å². The Hall–Kier alpha value is -2.87. The van der Waals surface area contributed by atoms with Gasteiger partial charge in [0.15, 0.2) is 6.61 Å². The van der Waals surface area contributed by atoms with Crippen molar-refractivity contribution < 1.29 is 19.1 Å². The first-order valence-corrected chi connectivity index (χ1v) is 9.05. The Morgan fingerprint density at radius 1 is 1.26 bits per heavy atom. The van der Waals surface area contributed by atoms with E-state index in [1.54, 1.807) is 52.3 Å². The molecule has 27 heavy (non-hydrogen) atoms. The summed E-state index contributed by atoms with van der Waals surface area (Å²) >= 11 is 0. The summed E-state index contributed by atoms with van der Waals surface area (Å²) in [6, 6.07) is 8.40. The molecule has 2 amide bonds. The van der Waals surface area contributed by atoms with E-state index in [2.05, 4.69) is 10.4 Å². The Balaban J connectivity index is 1.51. The highest BCUT2D eigenvalue weighted by molar-refractivity contribution is 5.93. The molecule has 1 fully saturated rings. The molecular weight excluding hydrogens is 348 g/mol. The van der Waals surface area contributed by atoms with E-state index in [-0.39, 0.29) is 24.5 Å². The molecule has 8 nitrogen and oxygen atoms in total. The summed E-state index contributed by atoms with van der Waals surface area (Å²) in [6.07, 6.45) is 4.06. The smallest absolute Gasteiger partial charge is 0.260 e. The van der Waals surface area contributed by atoms with E-state index in [1.165, 1.54) is 0 Å². The van der Waals surface area contributed by atoms with Crippen molar-refractivity contribution in [3.05, 3.63) is 42.7 Å². The number of hydrogen-bond donors (Lipinski definition) is 1. The number of ether oxygens (including phenoxy) is 2. The van der Waals surface area contributed by atoms with E-state index in [9.17, 15) is 9.59 Å². The molecule has 0 spiro atoms. The predicted octanol–water partition coefficient (Wildman–Crippen LogP) is 1.71. The zero-order valence-corrected chi connectivity index (χ0v) is 15.3. The van der Waals surface area contributed by atoms with Gasteiger partial charge in [-0.15, -0.1) is 0 Å². The van der Waals surface area contributed by atoms with Crippen LogP contribution >= 0.6 is 0 Å². The van der Waals surface area contributed by atoms with Crippen molar-refractivity contribution in [3.8, 4) is 5.75 Å². The van der Waals surface area contributed by atoms with Gasteiger partial charge in [-0.25, -0.2) is 0 Å². The predicted molar refractivity (Wildman–Crippen MR) is 99.5 cm³/mol. The van der Waals surface area contributed by atoms with Crippen LogP contribution in [0.15, 0.2) is 42.7 Å². The summed E-state index contributed by atoms with van der Waals surface area (Å²) in [7, 11) is 0. The molecule has 1 saturated heterocycles. The fraction of sp³-hybridized carbons (Fsp3) is 0.421. The third-order valence-electron chi connectivity index (χ3n) is 4.38. The SMILES string of the molecule is CCC(C(=O)Nc1ccc(OCC(=O)N2CCOCC2)cc1)n1cccn1. The van der Waals surface area contributed by atoms with E-state index in [0.29, 0.717) is 44.2 Å². The molecule has 2 aromatic rings. The second-order valence-electron chi connectivity index (χ2n) is 6.21. The average molecular weight is 372 g/mol. The number of nitrogens with zero attached hydrogens (tertiary/aromatic N) is 3. The van der Waals surface area contributed by atoms with Gasteiger partial charge in [0.1, 0.15) is 11.8 Å². The lowest BCUT2D eigenvalue weighted by atomic mass is 10.2. The van der Waals surface area contributed by atoms with Crippen LogP contribution in [0.4, 0.5) is 5.69 Å². The molecular formula is C19H24N4O4. The minimum Gasteiger partial charge on any atom is -0.484 e. The fourth-order valence-electron chi connectivity index (χ4n) is 2.87. The third kappa shape index (κ3) is 5.07. The van der Waals surface area contributed by atoms with Crippen molar-refractivity contribution in [2.45, 2.75) is 19.4 Å². The lowest BCUT2D eigenvalue weighted by Gasteiger charge is -2.26. The quantitative estimate of drug-likeness (QED) is 0.800. The van der Waals surface area contributed by atoms with Gasteiger partial charge in [0.2, 0.25) is 5.91 Å². The van der Waals surface area contributed by atoms with Crippen LogP contribution in [0.1, 0.15) is 19.4 Å². The number of anilines is 1. The molecule has 1 atom stereocenters. The van der Waals surface area contributed by atoms with Gasteiger partial charge in [0.25, 0.3) is 5.91 Å². The van der Waals surface area contributed by atoms with Gasteiger partial charge < -0.3 is 19.7 Å². The zero-order chi connectivity index (χ0) is 19.1. The largest absolute Gasteiger partial charge is 0.484 e. The number of morpholine rings is 1. The Morgan fingerprint density at radius 2 is 2.00 bits per heavy atom. The van der Waals surface area contributed by atoms with E-state index < -0.39 is 0 Å². The van der Waals surface area contributed by atoms with Crippen LogP contribution in [0, 0.1) is 0 Å². The highest BCUT2D eigenvalue weighted by atomic mass is 16.5. The van der Waals surface area contributed by atoms with Crippen molar-refractivity contribution >= 4 is 17.5 Å². The molecule has 1 aromatic heterocycles. The summed E-state index contributed by atoms with van der Waals surface area (Å²) in [5.74, 6) is 0.395.